The Morgan fingerprint density at radius 3 is 2.60 bits per heavy atom. The average molecular weight is 289 g/mol. The maximum Gasteiger partial charge on any atom is 0.162 e. The summed E-state index contributed by atoms with van der Waals surface area (Å²) in [6, 6.07) is 13.1. The van der Waals surface area contributed by atoms with Crippen molar-refractivity contribution in [1.29, 1.82) is 0 Å². The zero-order valence-corrected chi connectivity index (χ0v) is 12.4. The fraction of sp³-hybridized carbons (Fsp3) is 0.235. The molecule has 0 aliphatic rings. The molecule has 2 rings (SSSR count). The number of benzene rings is 2. The molecule has 104 valence electrons. The lowest BCUT2D eigenvalue weighted by molar-refractivity contribution is 0.0988. The van der Waals surface area contributed by atoms with E-state index in [2.05, 4.69) is 0 Å². The summed E-state index contributed by atoms with van der Waals surface area (Å²) < 4.78 is 5.78. The number of halogens is 1. The number of Topliss-reactive ketones (excluding diaryl/α,β-unsaturated/α-hetero) is 1. The van der Waals surface area contributed by atoms with Crippen LogP contribution in [-0.2, 0) is 6.61 Å². The van der Waals surface area contributed by atoms with Gasteiger partial charge in [0.05, 0.1) is 0 Å². The zero-order valence-electron chi connectivity index (χ0n) is 11.7. The Morgan fingerprint density at radius 2 is 1.95 bits per heavy atom. The first-order chi connectivity index (χ1) is 9.61. The molecule has 0 heterocycles. The summed E-state index contributed by atoms with van der Waals surface area (Å²) >= 11 is 6.09. The van der Waals surface area contributed by atoms with Gasteiger partial charge in [-0.25, -0.2) is 0 Å². The van der Waals surface area contributed by atoms with E-state index in [-0.39, 0.29) is 5.78 Å². The molecule has 0 amide bonds. The van der Waals surface area contributed by atoms with Crippen LogP contribution in [0.2, 0.25) is 5.02 Å². The first-order valence-electron chi connectivity index (χ1n) is 6.62. The first kappa shape index (κ1) is 14.6. The summed E-state index contributed by atoms with van der Waals surface area (Å²) in [4.78, 5) is 11.6. The molecule has 0 saturated heterocycles. The van der Waals surface area contributed by atoms with Gasteiger partial charge in [-0.05, 0) is 36.8 Å². The Labute approximate surface area is 124 Å². The fourth-order valence-corrected chi connectivity index (χ4v) is 2.15. The van der Waals surface area contributed by atoms with E-state index in [0.29, 0.717) is 18.1 Å². The second-order valence-electron chi connectivity index (χ2n) is 4.64. The van der Waals surface area contributed by atoms with Gasteiger partial charge < -0.3 is 4.74 Å². The molecule has 2 aromatic carbocycles. The third kappa shape index (κ3) is 3.40. The molecule has 20 heavy (non-hydrogen) atoms. The molecule has 0 fully saturated rings. The predicted molar refractivity (Wildman–Crippen MR) is 81.6 cm³/mol. The summed E-state index contributed by atoms with van der Waals surface area (Å²) in [5.74, 6) is 0.920. The second kappa shape index (κ2) is 6.58. The largest absolute Gasteiger partial charge is 0.489 e. The molecular weight excluding hydrogens is 272 g/mol. The topological polar surface area (TPSA) is 26.3 Å². The van der Waals surface area contributed by atoms with E-state index in [1.807, 2.05) is 50.2 Å². The minimum atomic E-state index is 0.144. The van der Waals surface area contributed by atoms with Crippen LogP contribution in [0.4, 0.5) is 0 Å². The van der Waals surface area contributed by atoms with Crippen molar-refractivity contribution < 1.29 is 9.53 Å². The lowest BCUT2D eigenvalue weighted by Crippen LogP contribution is -2.01. The van der Waals surface area contributed by atoms with Crippen LogP contribution in [0.1, 0.15) is 34.8 Å². The number of ether oxygens (including phenoxy) is 1. The van der Waals surface area contributed by atoms with Crippen LogP contribution >= 0.6 is 11.6 Å². The van der Waals surface area contributed by atoms with Crippen LogP contribution in [0.5, 0.6) is 5.75 Å². The van der Waals surface area contributed by atoms with Crippen LogP contribution in [0, 0.1) is 6.92 Å². The molecule has 0 aliphatic carbocycles. The van der Waals surface area contributed by atoms with Gasteiger partial charge in [0.2, 0.25) is 0 Å². The Kier molecular flexibility index (Phi) is 4.80. The molecule has 2 aromatic rings. The lowest BCUT2D eigenvalue weighted by Gasteiger charge is -2.11. The van der Waals surface area contributed by atoms with Crippen molar-refractivity contribution >= 4 is 17.4 Å². The monoisotopic (exact) mass is 288 g/mol. The number of carbonyl (C=O) groups is 1. The van der Waals surface area contributed by atoms with Crippen LogP contribution < -0.4 is 4.74 Å². The van der Waals surface area contributed by atoms with E-state index < -0.39 is 0 Å². The van der Waals surface area contributed by atoms with Gasteiger partial charge in [-0.3, -0.25) is 4.79 Å². The maximum absolute atomic E-state index is 11.6. The second-order valence-corrected chi connectivity index (χ2v) is 5.04. The van der Waals surface area contributed by atoms with Crippen molar-refractivity contribution in [2.45, 2.75) is 26.9 Å². The van der Waals surface area contributed by atoms with Gasteiger partial charge in [0.25, 0.3) is 0 Å². The van der Waals surface area contributed by atoms with Crippen LogP contribution in [0.3, 0.4) is 0 Å². The predicted octanol–water partition coefficient (Wildman–Crippen LogP) is 4.82. The highest BCUT2D eigenvalue weighted by Gasteiger charge is 2.07. The molecule has 0 aliphatic heterocycles. The molecule has 0 unspecified atom stereocenters. The SMILES string of the molecule is CCC(=O)c1ccc(OCc2ccccc2Cl)c(C)c1. The normalized spacial score (nSPS) is 10.3. The Balaban J connectivity index is 2.11. The lowest BCUT2D eigenvalue weighted by atomic mass is 10.1. The Bertz CT molecular complexity index is 620. The van der Waals surface area contributed by atoms with Crippen molar-refractivity contribution in [2.75, 3.05) is 0 Å². The number of ketones is 1. The van der Waals surface area contributed by atoms with Crippen LogP contribution in [0.15, 0.2) is 42.5 Å². The van der Waals surface area contributed by atoms with Crippen molar-refractivity contribution in [3.63, 3.8) is 0 Å². The maximum atomic E-state index is 11.6. The molecule has 0 atom stereocenters. The van der Waals surface area contributed by atoms with Gasteiger partial charge >= 0.3 is 0 Å². The Hall–Kier alpha value is -1.80. The minimum Gasteiger partial charge on any atom is -0.489 e. The highest BCUT2D eigenvalue weighted by atomic mass is 35.5. The van der Waals surface area contributed by atoms with E-state index in [1.165, 1.54) is 0 Å². The summed E-state index contributed by atoms with van der Waals surface area (Å²) in [6.45, 7) is 4.22. The molecule has 0 saturated carbocycles. The van der Waals surface area contributed by atoms with E-state index in [4.69, 9.17) is 16.3 Å². The van der Waals surface area contributed by atoms with Gasteiger partial charge in [0.1, 0.15) is 12.4 Å². The Morgan fingerprint density at radius 1 is 1.20 bits per heavy atom. The van der Waals surface area contributed by atoms with Crippen molar-refractivity contribution in [2.24, 2.45) is 0 Å². The van der Waals surface area contributed by atoms with Crippen molar-refractivity contribution in [3.8, 4) is 5.75 Å². The molecule has 0 radical (unpaired) electrons. The van der Waals surface area contributed by atoms with E-state index >= 15 is 0 Å². The standard InChI is InChI=1S/C17H17ClO2/c1-3-16(19)13-8-9-17(12(2)10-13)20-11-14-6-4-5-7-15(14)18/h4-10H,3,11H2,1-2H3. The van der Waals surface area contributed by atoms with Gasteiger partial charge in [0.15, 0.2) is 5.78 Å². The molecular formula is C17H17ClO2. The highest BCUT2D eigenvalue weighted by molar-refractivity contribution is 6.31. The minimum absolute atomic E-state index is 0.144. The number of hydrogen-bond donors (Lipinski definition) is 0. The van der Waals surface area contributed by atoms with Gasteiger partial charge in [-0.15, -0.1) is 0 Å². The van der Waals surface area contributed by atoms with Crippen LogP contribution in [0.25, 0.3) is 0 Å². The number of aryl methyl sites for hydroxylation is 1. The summed E-state index contributed by atoms with van der Waals surface area (Å²) in [5, 5.41) is 0.697. The number of rotatable bonds is 5. The molecule has 3 heteroatoms. The third-order valence-electron chi connectivity index (χ3n) is 3.16. The summed E-state index contributed by atoms with van der Waals surface area (Å²) in [7, 11) is 0. The third-order valence-corrected chi connectivity index (χ3v) is 3.53. The summed E-state index contributed by atoms with van der Waals surface area (Å²) in [5.41, 5.74) is 2.63. The van der Waals surface area contributed by atoms with Gasteiger partial charge in [-0.2, -0.15) is 0 Å². The quantitative estimate of drug-likeness (QED) is 0.737. The smallest absolute Gasteiger partial charge is 0.162 e. The van der Waals surface area contributed by atoms with E-state index in [0.717, 1.165) is 22.4 Å². The fourth-order valence-electron chi connectivity index (χ4n) is 1.96. The highest BCUT2D eigenvalue weighted by Crippen LogP contribution is 2.23. The van der Waals surface area contributed by atoms with Crippen molar-refractivity contribution in [1.82, 2.24) is 0 Å². The number of carbonyl (C=O) groups excluding carboxylic acids is 1. The first-order valence-corrected chi connectivity index (χ1v) is 6.99. The van der Waals surface area contributed by atoms with Gasteiger partial charge in [0, 0.05) is 22.6 Å². The average Bonchev–Trinajstić information content (AvgIpc) is 2.46. The van der Waals surface area contributed by atoms with Gasteiger partial charge in [-0.1, -0.05) is 36.7 Å². The summed E-state index contributed by atoms with van der Waals surface area (Å²) in [6.07, 6.45) is 0.513. The molecule has 2 nitrogen and oxygen atoms in total. The molecule has 0 bridgehead atoms. The zero-order chi connectivity index (χ0) is 14.5. The molecule has 0 spiro atoms. The van der Waals surface area contributed by atoms with Crippen LogP contribution in [-0.4, -0.2) is 5.78 Å². The molecule has 0 aromatic heterocycles. The number of hydrogen-bond acceptors (Lipinski definition) is 2. The van der Waals surface area contributed by atoms with E-state index in [9.17, 15) is 4.79 Å². The van der Waals surface area contributed by atoms with E-state index in [1.54, 1.807) is 6.07 Å². The molecule has 0 N–H and O–H groups in total. The van der Waals surface area contributed by atoms with Crippen molar-refractivity contribution in [3.05, 3.63) is 64.2 Å².